The van der Waals surface area contributed by atoms with Crippen LogP contribution in [0, 0.1) is 13.8 Å². The van der Waals surface area contributed by atoms with E-state index in [2.05, 4.69) is 22.4 Å². The summed E-state index contributed by atoms with van der Waals surface area (Å²) in [6.45, 7) is 8.37. The fourth-order valence-electron chi connectivity index (χ4n) is 2.55. The maximum atomic E-state index is 12.6. The molecule has 0 saturated carbocycles. The van der Waals surface area contributed by atoms with Gasteiger partial charge in [-0.05, 0) is 39.3 Å². The summed E-state index contributed by atoms with van der Waals surface area (Å²) in [4.78, 5) is 14.5. The van der Waals surface area contributed by atoms with Gasteiger partial charge in [0.05, 0.1) is 17.0 Å². The lowest BCUT2D eigenvalue weighted by Gasteiger charge is -2.33. The lowest BCUT2D eigenvalue weighted by atomic mass is 10.0. The molecule has 0 radical (unpaired) electrons. The number of amides is 1. The molecule has 2 rings (SSSR count). The zero-order valence-electron chi connectivity index (χ0n) is 11.9. The van der Waals surface area contributed by atoms with Gasteiger partial charge in [0.1, 0.15) is 0 Å². The number of likely N-dealkylation sites (tertiary alicyclic amines) is 1. The van der Waals surface area contributed by atoms with Crippen LogP contribution in [0.5, 0.6) is 0 Å². The van der Waals surface area contributed by atoms with Crippen molar-refractivity contribution in [1.82, 2.24) is 20.4 Å². The maximum Gasteiger partial charge on any atom is 0.255 e. The van der Waals surface area contributed by atoms with Crippen molar-refractivity contribution in [2.45, 2.75) is 39.7 Å². The quantitative estimate of drug-likeness (QED) is 0.892. The van der Waals surface area contributed by atoms with E-state index in [0.29, 0.717) is 17.3 Å². The molecule has 0 aromatic carbocycles. The molecule has 1 aliphatic rings. The maximum absolute atomic E-state index is 12.6. The third kappa shape index (κ3) is 3.29. The van der Waals surface area contributed by atoms with Gasteiger partial charge in [0.25, 0.3) is 5.91 Å². The predicted octanol–water partition coefficient (Wildman–Crippen LogP) is 1.31. The summed E-state index contributed by atoms with van der Waals surface area (Å²) in [6.07, 6.45) is 2.20. The SMILES string of the molecule is CCNC1CCCN(C(=O)c2cc(C)nnc2C)C1. The molecule has 1 fully saturated rings. The number of aryl methyl sites for hydroxylation is 2. The van der Waals surface area contributed by atoms with Gasteiger partial charge in [0, 0.05) is 19.1 Å². The Balaban J connectivity index is 2.12. The Kier molecular flexibility index (Phi) is 4.47. The molecule has 104 valence electrons. The molecule has 1 saturated heterocycles. The Morgan fingerprint density at radius 2 is 2.26 bits per heavy atom. The number of nitrogens with zero attached hydrogens (tertiary/aromatic N) is 3. The van der Waals surface area contributed by atoms with Crippen molar-refractivity contribution in [3.05, 3.63) is 23.0 Å². The lowest BCUT2D eigenvalue weighted by Crippen LogP contribution is -2.48. The highest BCUT2D eigenvalue weighted by molar-refractivity contribution is 5.95. The van der Waals surface area contributed by atoms with Crippen molar-refractivity contribution < 1.29 is 4.79 Å². The number of aromatic nitrogens is 2. The normalized spacial score (nSPS) is 19.5. The first-order chi connectivity index (χ1) is 9.11. The number of piperidine rings is 1. The minimum atomic E-state index is 0.0816. The number of hydrogen-bond donors (Lipinski definition) is 1. The largest absolute Gasteiger partial charge is 0.337 e. The Labute approximate surface area is 114 Å². The molecule has 5 heteroatoms. The molecule has 1 amide bonds. The number of likely N-dealkylation sites (N-methyl/N-ethyl adjacent to an activating group) is 1. The van der Waals surface area contributed by atoms with Crippen LogP contribution in [-0.4, -0.2) is 46.7 Å². The van der Waals surface area contributed by atoms with Gasteiger partial charge in [-0.3, -0.25) is 4.79 Å². The highest BCUT2D eigenvalue weighted by Crippen LogP contribution is 2.15. The first-order valence-corrected chi connectivity index (χ1v) is 6.95. The topological polar surface area (TPSA) is 58.1 Å². The summed E-state index contributed by atoms with van der Waals surface area (Å²) in [6, 6.07) is 2.25. The van der Waals surface area contributed by atoms with E-state index in [-0.39, 0.29) is 5.91 Å². The van der Waals surface area contributed by atoms with Gasteiger partial charge >= 0.3 is 0 Å². The Morgan fingerprint density at radius 3 is 3.00 bits per heavy atom. The van der Waals surface area contributed by atoms with Crippen molar-refractivity contribution >= 4 is 5.91 Å². The summed E-state index contributed by atoms with van der Waals surface area (Å²) in [5.41, 5.74) is 2.18. The van der Waals surface area contributed by atoms with E-state index in [1.807, 2.05) is 24.8 Å². The molecular formula is C14H22N4O. The second-order valence-electron chi connectivity index (χ2n) is 5.13. The zero-order chi connectivity index (χ0) is 13.8. The summed E-state index contributed by atoms with van der Waals surface area (Å²) >= 11 is 0. The molecule has 1 N–H and O–H groups in total. The Morgan fingerprint density at radius 1 is 1.47 bits per heavy atom. The van der Waals surface area contributed by atoms with Crippen molar-refractivity contribution in [3.63, 3.8) is 0 Å². The van der Waals surface area contributed by atoms with Crippen LogP contribution in [0.2, 0.25) is 0 Å². The molecule has 1 aromatic heterocycles. The first kappa shape index (κ1) is 13.9. The minimum absolute atomic E-state index is 0.0816. The summed E-state index contributed by atoms with van der Waals surface area (Å²) < 4.78 is 0. The first-order valence-electron chi connectivity index (χ1n) is 6.95. The average Bonchev–Trinajstić information content (AvgIpc) is 2.41. The fraction of sp³-hybridized carbons (Fsp3) is 0.643. The molecule has 1 aromatic rings. The van der Waals surface area contributed by atoms with Crippen LogP contribution >= 0.6 is 0 Å². The molecule has 5 nitrogen and oxygen atoms in total. The van der Waals surface area contributed by atoms with Gasteiger partial charge in [-0.2, -0.15) is 10.2 Å². The molecule has 1 unspecified atom stereocenters. The van der Waals surface area contributed by atoms with Crippen LogP contribution in [0.4, 0.5) is 0 Å². The number of carbonyl (C=O) groups excluding carboxylic acids is 1. The van der Waals surface area contributed by atoms with Gasteiger partial charge in [-0.25, -0.2) is 0 Å². The van der Waals surface area contributed by atoms with E-state index in [1.165, 1.54) is 0 Å². The minimum Gasteiger partial charge on any atom is -0.337 e. The van der Waals surface area contributed by atoms with Gasteiger partial charge in [0.15, 0.2) is 0 Å². The Hall–Kier alpha value is -1.49. The van der Waals surface area contributed by atoms with E-state index in [0.717, 1.165) is 38.2 Å². The highest BCUT2D eigenvalue weighted by Gasteiger charge is 2.25. The lowest BCUT2D eigenvalue weighted by molar-refractivity contribution is 0.0694. The summed E-state index contributed by atoms with van der Waals surface area (Å²) in [7, 11) is 0. The van der Waals surface area contributed by atoms with Crippen LogP contribution in [0.1, 0.15) is 41.5 Å². The second kappa shape index (κ2) is 6.10. The van der Waals surface area contributed by atoms with E-state index in [1.54, 1.807) is 0 Å². The highest BCUT2D eigenvalue weighted by atomic mass is 16.2. The fourth-order valence-corrected chi connectivity index (χ4v) is 2.55. The molecular weight excluding hydrogens is 240 g/mol. The van der Waals surface area contributed by atoms with Crippen molar-refractivity contribution in [3.8, 4) is 0 Å². The molecule has 1 aliphatic heterocycles. The second-order valence-corrected chi connectivity index (χ2v) is 5.13. The molecule has 0 spiro atoms. The third-order valence-electron chi connectivity index (χ3n) is 3.53. The van der Waals surface area contributed by atoms with E-state index in [9.17, 15) is 4.79 Å². The Bertz CT molecular complexity index is 459. The number of rotatable bonds is 3. The van der Waals surface area contributed by atoms with Crippen LogP contribution in [0.15, 0.2) is 6.07 Å². The molecule has 2 heterocycles. The van der Waals surface area contributed by atoms with Gasteiger partial charge < -0.3 is 10.2 Å². The van der Waals surface area contributed by atoms with Gasteiger partial charge in [-0.1, -0.05) is 6.92 Å². The van der Waals surface area contributed by atoms with Crippen LogP contribution in [0.25, 0.3) is 0 Å². The smallest absolute Gasteiger partial charge is 0.255 e. The van der Waals surface area contributed by atoms with Crippen molar-refractivity contribution in [1.29, 1.82) is 0 Å². The summed E-state index contributed by atoms with van der Waals surface area (Å²) in [5.74, 6) is 0.0816. The van der Waals surface area contributed by atoms with Crippen molar-refractivity contribution in [2.75, 3.05) is 19.6 Å². The van der Waals surface area contributed by atoms with E-state index >= 15 is 0 Å². The number of hydrogen-bond acceptors (Lipinski definition) is 4. The summed E-state index contributed by atoms with van der Waals surface area (Å²) in [5, 5.41) is 11.4. The van der Waals surface area contributed by atoms with Gasteiger partial charge in [0.2, 0.25) is 0 Å². The van der Waals surface area contributed by atoms with E-state index < -0.39 is 0 Å². The predicted molar refractivity (Wildman–Crippen MR) is 74.1 cm³/mol. The molecule has 0 aliphatic carbocycles. The average molecular weight is 262 g/mol. The van der Waals surface area contributed by atoms with Crippen LogP contribution in [0.3, 0.4) is 0 Å². The van der Waals surface area contributed by atoms with Gasteiger partial charge in [-0.15, -0.1) is 0 Å². The monoisotopic (exact) mass is 262 g/mol. The standard InChI is InChI=1S/C14H22N4O/c1-4-15-12-6-5-7-18(9-12)14(19)13-8-10(2)16-17-11(13)3/h8,12,15H,4-7,9H2,1-3H3. The molecule has 1 atom stereocenters. The number of carbonyl (C=O) groups is 1. The third-order valence-corrected chi connectivity index (χ3v) is 3.53. The van der Waals surface area contributed by atoms with Crippen molar-refractivity contribution in [2.24, 2.45) is 0 Å². The van der Waals surface area contributed by atoms with Crippen LogP contribution in [-0.2, 0) is 0 Å². The van der Waals surface area contributed by atoms with Crippen LogP contribution < -0.4 is 5.32 Å². The number of nitrogens with one attached hydrogen (secondary N) is 1. The zero-order valence-corrected chi connectivity index (χ0v) is 11.9. The molecule has 0 bridgehead atoms. The van der Waals surface area contributed by atoms with E-state index in [4.69, 9.17) is 0 Å². The molecule has 19 heavy (non-hydrogen) atoms.